The van der Waals surface area contributed by atoms with Crippen molar-refractivity contribution in [3.8, 4) is 44.8 Å². The summed E-state index contributed by atoms with van der Waals surface area (Å²) in [5, 5.41) is -1.55. The van der Waals surface area contributed by atoms with Crippen molar-refractivity contribution in [2.75, 3.05) is 0 Å². The van der Waals surface area contributed by atoms with E-state index in [9.17, 15) is 17.8 Å². The smallest absolute Gasteiger partial charge is 0.0645 e. The van der Waals surface area contributed by atoms with Gasteiger partial charge in [0.05, 0.1) is 64.0 Å². The number of hydrogen-bond acceptors (Lipinski definition) is 1. The van der Waals surface area contributed by atoms with E-state index in [1.807, 2.05) is 36.4 Å². The summed E-state index contributed by atoms with van der Waals surface area (Å²) in [5.41, 5.74) is -1.43. The molecule has 0 radical (unpaired) electrons. The minimum atomic E-state index is -0.838. The summed E-state index contributed by atoms with van der Waals surface area (Å²) < 4.78 is 213. The van der Waals surface area contributed by atoms with Gasteiger partial charge in [0, 0.05) is 42.7 Å². The highest BCUT2D eigenvalue weighted by molar-refractivity contribution is 7.26. The molecule has 57 heavy (non-hydrogen) atoms. The molecule has 0 N–H and O–H groups in total. The average Bonchev–Trinajstić information content (AvgIpc) is 2.13. The van der Waals surface area contributed by atoms with E-state index in [0.717, 1.165) is 22.3 Å². The first-order valence-electron chi connectivity index (χ1n) is 29.1. The van der Waals surface area contributed by atoms with Crippen LogP contribution in [0.25, 0.3) is 109 Å². The number of nitrogens with zero attached hydrogens (tertiary/aromatic N) is 2. The minimum absolute atomic E-state index is 0.112. The maximum absolute atomic E-state index is 10.0. The summed E-state index contributed by atoms with van der Waals surface area (Å²) in [5.74, 6) is 0. The normalized spacial score (nSPS) is 17.5. The van der Waals surface area contributed by atoms with Crippen molar-refractivity contribution in [3.05, 3.63) is 206 Å². The number of benzene rings is 9. The Labute approximate surface area is 366 Å². The van der Waals surface area contributed by atoms with E-state index < -0.39 is 161 Å². The number of thiophene rings is 1. The van der Waals surface area contributed by atoms with Crippen LogP contribution >= 0.6 is 11.3 Å². The third-order valence-electron chi connectivity index (χ3n) is 9.92. The minimum Gasteiger partial charge on any atom is -0.309 e. The van der Waals surface area contributed by atoms with Crippen molar-refractivity contribution in [1.29, 1.82) is 0 Å². The van der Waals surface area contributed by atoms with E-state index in [1.165, 1.54) is 4.57 Å². The SMILES string of the molecule is [2H]c1cc([2H])c(-c2c([2H])c([2H])c3c(sc4c(-n5c6cc([2H])c([2H])c([2H])c6c6c([2H])c(-c7c([2H])c([2H])c8c(c7[2H])c7c([2H])c([2H])c([2H])c([2H])c7n8-c7cccc(-c8ccccc8)c7)c([2H])c([2H])c65)c([2H])c([2H])c([2H])c43)c2[2H])c([2H])c1[2H]. The first-order chi connectivity index (χ1) is 37.8. The molecule has 3 heterocycles. The number of para-hydroxylation sites is 2. The second-order valence-electron chi connectivity index (χ2n) is 13.1. The number of fused-ring (bicyclic) bond motifs is 9. The Morgan fingerprint density at radius 1 is 0.368 bits per heavy atom. The summed E-state index contributed by atoms with van der Waals surface area (Å²) in [7, 11) is 0. The van der Waals surface area contributed by atoms with Crippen LogP contribution in [0.1, 0.15) is 31.5 Å². The fourth-order valence-corrected chi connectivity index (χ4v) is 8.49. The van der Waals surface area contributed by atoms with Crippen molar-refractivity contribution in [1.82, 2.24) is 9.13 Å². The molecule has 2 nitrogen and oxygen atoms in total. The second-order valence-corrected chi connectivity index (χ2v) is 14.1. The lowest BCUT2D eigenvalue weighted by Crippen LogP contribution is -1.94. The van der Waals surface area contributed by atoms with Crippen molar-refractivity contribution < 1.29 is 31.5 Å². The lowest BCUT2D eigenvalue weighted by molar-refractivity contribution is 1.18. The van der Waals surface area contributed by atoms with Gasteiger partial charge in [0.15, 0.2) is 0 Å². The topological polar surface area (TPSA) is 9.86 Å². The third-order valence-corrected chi connectivity index (χ3v) is 11.0. The molecule has 0 spiro atoms. The Bertz CT molecular complexity index is 4870. The predicted molar refractivity (Wildman–Crippen MR) is 244 cm³/mol. The first-order valence-corrected chi connectivity index (χ1v) is 18.5. The van der Waals surface area contributed by atoms with Crippen LogP contribution in [-0.2, 0) is 0 Å². The highest BCUT2D eigenvalue weighted by Gasteiger charge is 2.19. The van der Waals surface area contributed by atoms with Crippen molar-refractivity contribution in [3.63, 3.8) is 0 Å². The van der Waals surface area contributed by atoms with Gasteiger partial charge in [-0.1, -0.05) is 145 Å². The molecule has 0 bridgehead atoms. The quantitative estimate of drug-likeness (QED) is 0.165. The fraction of sp³-hybridized carbons (Fsp3) is 0. The number of aromatic nitrogens is 2. The van der Waals surface area contributed by atoms with Gasteiger partial charge in [-0.25, -0.2) is 0 Å². The molecular formula is C54H34N2S. The molecule has 12 aromatic rings. The van der Waals surface area contributed by atoms with Gasteiger partial charge in [0.1, 0.15) is 0 Å². The number of hydrogen-bond donors (Lipinski definition) is 0. The van der Waals surface area contributed by atoms with E-state index in [0.29, 0.717) is 22.6 Å². The Hall–Kier alpha value is -7.20. The summed E-state index contributed by atoms with van der Waals surface area (Å²) in [6.07, 6.45) is 0. The van der Waals surface area contributed by atoms with E-state index >= 15 is 0 Å². The monoisotopic (exact) mass is 765 g/mol. The van der Waals surface area contributed by atoms with Crippen molar-refractivity contribution in [2.24, 2.45) is 0 Å². The summed E-state index contributed by atoms with van der Waals surface area (Å²) in [6.45, 7) is 0. The zero-order chi connectivity index (χ0) is 57.5. The van der Waals surface area contributed by atoms with Gasteiger partial charge in [-0.2, -0.15) is 0 Å². The van der Waals surface area contributed by atoms with Crippen LogP contribution in [0, 0.1) is 0 Å². The van der Waals surface area contributed by atoms with Gasteiger partial charge in [-0.15, -0.1) is 11.3 Å². The van der Waals surface area contributed by atoms with Gasteiger partial charge in [0.25, 0.3) is 0 Å². The van der Waals surface area contributed by atoms with E-state index in [1.54, 1.807) is 18.2 Å². The van der Waals surface area contributed by atoms with Gasteiger partial charge < -0.3 is 9.13 Å². The molecule has 9 aromatic carbocycles. The zero-order valence-electron chi connectivity index (χ0n) is 52.2. The molecule has 3 aromatic heterocycles. The molecule has 266 valence electrons. The van der Waals surface area contributed by atoms with E-state index in [-0.39, 0.29) is 69.5 Å². The fourth-order valence-electron chi connectivity index (χ4n) is 7.39. The summed E-state index contributed by atoms with van der Waals surface area (Å²) in [6, 6.07) is 3.45. The zero-order valence-corrected chi connectivity index (χ0v) is 30.0. The first kappa shape index (κ1) is 16.9. The standard InChI is InChI=1S/C54H34N2S/c1-3-13-35(14-4-1)37-17-11-18-41(31-37)55-48-22-9-7-19-42(48)46-32-38(26-29-50(46)55)39-27-30-51-47(33-39)43-20-8-10-23-49(43)56(51)52-24-12-21-45-44-28-25-40(34-53(44)57-54(45)52)36-15-5-2-6-16-36/h1-34H/i2D,5D,7D,8D,9D,10D,12D,15D,16D,19D,20D,21D,22D,24D,25D,26D,27D,28D,29D,30D,32D,33D,34D. The van der Waals surface area contributed by atoms with Crippen molar-refractivity contribution in [2.45, 2.75) is 0 Å². The molecule has 3 heteroatoms. The molecule has 0 aliphatic heterocycles. The third kappa shape index (κ3) is 5.03. The van der Waals surface area contributed by atoms with Crippen LogP contribution in [0.4, 0.5) is 0 Å². The molecule has 0 unspecified atom stereocenters. The predicted octanol–water partition coefficient (Wildman–Crippen LogP) is 15.2. The van der Waals surface area contributed by atoms with Crippen LogP contribution in [0.2, 0.25) is 0 Å². The summed E-state index contributed by atoms with van der Waals surface area (Å²) in [4.78, 5) is 0. The Balaban J connectivity index is 1.21. The van der Waals surface area contributed by atoms with E-state index in [2.05, 4.69) is 0 Å². The van der Waals surface area contributed by atoms with Crippen LogP contribution in [0.5, 0.6) is 0 Å². The maximum Gasteiger partial charge on any atom is 0.0645 e. The van der Waals surface area contributed by atoms with Crippen LogP contribution < -0.4 is 0 Å². The molecule has 0 saturated carbocycles. The van der Waals surface area contributed by atoms with Gasteiger partial charge in [-0.3, -0.25) is 0 Å². The maximum atomic E-state index is 10.0. The largest absolute Gasteiger partial charge is 0.309 e. The highest BCUT2D eigenvalue weighted by Crippen LogP contribution is 2.43. The van der Waals surface area contributed by atoms with Crippen LogP contribution in [0.3, 0.4) is 0 Å². The molecule has 0 fully saturated rings. The molecular weight excluding hydrogens is 709 g/mol. The molecule has 0 atom stereocenters. The Morgan fingerprint density at radius 3 is 1.91 bits per heavy atom. The number of rotatable bonds is 5. The van der Waals surface area contributed by atoms with Crippen molar-refractivity contribution >= 4 is 75.1 Å². The second kappa shape index (κ2) is 12.7. The highest BCUT2D eigenvalue weighted by atomic mass is 32.1. The van der Waals surface area contributed by atoms with Gasteiger partial charge in [0.2, 0.25) is 0 Å². The van der Waals surface area contributed by atoms with E-state index in [4.69, 9.17) is 13.7 Å². The molecule has 0 amide bonds. The molecule has 12 rings (SSSR count). The molecule has 0 aliphatic carbocycles. The average molecular weight is 766 g/mol. The lowest BCUT2D eigenvalue weighted by atomic mass is 10.0. The van der Waals surface area contributed by atoms with Crippen LogP contribution in [0.15, 0.2) is 206 Å². The van der Waals surface area contributed by atoms with Gasteiger partial charge in [-0.05, 0) is 93.9 Å². The summed E-state index contributed by atoms with van der Waals surface area (Å²) >= 11 is 0.702. The molecule has 0 aliphatic rings. The lowest BCUT2D eigenvalue weighted by Gasteiger charge is -2.11. The van der Waals surface area contributed by atoms with Crippen LogP contribution in [-0.4, -0.2) is 9.13 Å². The Kier molecular flexibility index (Phi) is 3.75. The Morgan fingerprint density at radius 2 is 1.05 bits per heavy atom. The molecule has 0 saturated heterocycles. The van der Waals surface area contributed by atoms with Gasteiger partial charge >= 0.3 is 0 Å².